The molecule has 0 aromatic carbocycles. The van der Waals surface area contributed by atoms with Crippen LogP contribution in [0.1, 0.15) is 52.9 Å². The zero-order valence-electron chi connectivity index (χ0n) is 13.5. The van der Waals surface area contributed by atoms with E-state index in [2.05, 4.69) is 25.8 Å². The molecule has 3 atom stereocenters. The van der Waals surface area contributed by atoms with Crippen molar-refractivity contribution in [1.82, 2.24) is 4.90 Å². The summed E-state index contributed by atoms with van der Waals surface area (Å²) < 4.78 is 11.2. The van der Waals surface area contributed by atoms with Gasteiger partial charge in [0, 0.05) is 5.41 Å². The maximum atomic E-state index is 12.4. The molecule has 3 rings (SSSR count). The van der Waals surface area contributed by atoms with E-state index in [1.54, 1.807) is 12.0 Å². The standard InChI is InChI=1S/C16H26N2O3/c1-16(2,3)14-17-13(20-4)11-12(21-15(19)18(11)14)10-8-6-5-7-9-10/h10-12,14H,5-9H2,1-4H3/t11-,12-,14-/m0/s1. The summed E-state index contributed by atoms with van der Waals surface area (Å²) in [4.78, 5) is 18.9. The lowest BCUT2D eigenvalue weighted by Crippen LogP contribution is -2.47. The molecule has 5 nitrogen and oxygen atoms in total. The lowest BCUT2D eigenvalue weighted by atomic mass is 9.82. The summed E-state index contributed by atoms with van der Waals surface area (Å²) in [7, 11) is 1.64. The first-order valence-corrected chi connectivity index (χ1v) is 8.04. The van der Waals surface area contributed by atoms with Crippen LogP contribution in [-0.4, -0.2) is 42.3 Å². The minimum absolute atomic E-state index is 0.0937. The second kappa shape index (κ2) is 5.18. The number of fused-ring (bicyclic) bond motifs is 1. The van der Waals surface area contributed by atoms with Crippen molar-refractivity contribution in [2.45, 2.75) is 71.2 Å². The fourth-order valence-electron chi connectivity index (χ4n) is 3.89. The minimum atomic E-state index is -0.230. The molecular weight excluding hydrogens is 268 g/mol. The lowest BCUT2D eigenvalue weighted by molar-refractivity contribution is 0.0790. The second-order valence-electron chi connectivity index (χ2n) is 7.51. The molecule has 1 aliphatic carbocycles. The van der Waals surface area contributed by atoms with Crippen molar-refractivity contribution in [2.75, 3.05) is 7.11 Å². The molecular formula is C16H26N2O3. The second-order valence-corrected chi connectivity index (χ2v) is 7.51. The zero-order chi connectivity index (χ0) is 15.2. The molecule has 5 heteroatoms. The Bertz CT molecular complexity index is 449. The van der Waals surface area contributed by atoms with Crippen LogP contribution in [-0.2, 0) is 9.47 Å². The van der Waals surface area contributed by atoms with E-state index in [9.17, 15) is 4.79 Å². The van der Waals surface area contributed by atoms with Crippen molar-refractivity contribution >= 4 is 12.0 Å². The molecule has 21 heavy (non-hydrogen) atoms. The van der Waals surface area contributed by atoms with Crippen molar-refractivity contribution in [3.8, 4) is 0 Å². The summed E-state index contributed by atoms with van der Waals surface area (Å²) in [5.74, 6) is 1.10. The van der Waals surface area contributed by atoms with Crippen molar-refractivity contribution in [2.24, 2.45) is 16.3 Å². The Labute approximate surface area is 126 Å². The number of rotatable bonds is 1. The van der Waals surface area contributed by atoms with Gasteiger partial charge >= 0.3 is 6.09 Å². The Kier molecular flexibility index (Phi) is 3.62. The van der Waals surface area contributed by atoms with Gasteiger partial charge in [-0.25, -0.2) is 9.79 Å². The SMILES string of the molecule is COC1=N[C@H](C(C)(C)C)N2C(=O)O[C@@H](C3CCCCC3)[C@@H]12. The normalized spacial score (nSPS) is 33.7. The Hall–Kier alpha value is -1.26. The number of hydrogen-bond donors (Lipinski definition) is 0. The van der Waals surface area contributed by atoms with Gasteiger partial charge in [0.2, 0.25) is 5.90 Å². The molecule has 3 aliphatic rings. The number of ether oxygens (including phenoxy) is 2. The third-order valence-electron chi connectivity index (χ3n) is 4.92. The van der Waals surface area contributed by atoms with E-state index in [0.717, 1.165) is 12.8 Å². The topological polar surface area (TPSA) is 51.1 Å². The highest BCUT2D eigenvalue weighted by Crippen LogP contribution is 2.42. The number of carbonyl (C=O) groups is 1. The van der Waals surface area contributed by atoms with E-state index in [1.807, 2.05) is 0 Å². The molecule has 0 N–H and O–H groups in total. The summed E-state index contributed by atoms with van der Waals surface area (Å²) in [5, 5.41) is 0. The highest BCUT2D eigenvalue weighted by molar-refractivity contribution is 5.91. The van der Waals surface area contributed by atoms with Gasteiger partial charge in [-0.3, -0.25) is 4.90 Å². The van der Waals surface area contributed by atoms with Gasteiger partial charge in [-0.05, 0) is 18.8 Å². The predicted octanol–water partition coefficient (Wildman–Crippen LogP) is 3.19. The van der Waals surface area contributed by atoms with Gasteiger partial charge < -0.3 is 9.47 Å². The van der Waals surface area contributed by atoms with Gasteiger partial charge in [0.15, 0.2) is 6.04 Å². The Morgan fingerprint density at radius 1 is 1.24 bits per heavy atom. The summed E-state index contributed by atoms with van der Waals surface area (Å²) in [5.41, 5.74) is -0.126. The van der Waals surface area contributed by atoms with E-state index in [0.29, 0.717) is 11.8 Å². The van der Waals surface area contributed by atoms with Crippen molar-refractivity contribution in [3.05, 3.63) is 0 Å². The molecule has 2 heterocycles. The predicted molar refractivity (Wildman–Crippen MR) is 80.2 cm³/mol. The van der Waals surface area contributed by atoms with Crippen molar-refractivity contribution < 1.29 is 14.3 Å². The van der Waals surface area contributed by atoms with Crippen molar-refractivity contribution in [1.29, 1.82) is 0 Å². The molecule has 2 aliphatic heterocycles. The molecule has 2 fully saturated rings. The average Bonchev–Trinajstić information content (AvgIpc) is 2.98. The van der Waals surface area contributed by atoms with Crippen LogP contribution in [0.25, 0.3) is 0 Å². The van der Waals surface area contributed by atoms with Gasteiger partial charge in [0.05, 0.1) is 7.11 Å². The zero-order valence-corrected chi connectivity index (χ0v) is 13.5. The molecule has 0 aromatic rings. The third-order valence-corrected chi connectivity index (χ3v) is 4.92. The van der Waals surface area contributed by atoms with Crippen LogP contribution in [0, 0.1) is 11.3 Å². The van der Waals surface area contributed by atoms with E-state index >= 15 is 0 Å². The Morgan fingerprint density at radius 3 is 2.48 bits per heavy atom. The number of carbonyl (C=O) groups excluding carboxylic acids is 1. The molecule has 0 spiro atoms. The van der Waals surface area contributed by atoms with Gasteiger partial charge in [0.1, 0.15) is 12.3 Å². The molecule has 0 aromatic heterocycles. The van der Waals surface area contributed by atoms with E-state index in [4.69, 9.17) is 9.47 Å². The van der Waals surface area contributed by atoms with Crippen LogP contribution in [0.5, 0.6) is 0 Å². The van der Waals surface area contributed by atoms with Crippen LogP contribution in [0.15, 0.2) is 4.99 Å². The molecule has 0 radical (unpaired) electrons. The largest absolute Gasteiger partial charge is 0.483 e. The molecule has 0 bridgehead atoms. The lowest BCUT2D eigenvalue weighted by Gasteiger charge is -2.32. The Morgan fingerprint density at radius 2 is 1.90 bits per heavy atom. The van der Waals surface area contributed by atoms with Gasteiger partial charge in [-0.1, -0.05) is 40.0 Å². The molecule has 118 valence electrons. The summed E-state index contributed by atoms with van der Waals surface area (Å²) in [6, 6.07) is -0.130. The summed E-state index contributed by atoms with van der Waals surface area (Å²) in [6.07, 6.45) is 5.51. The maximum Gasteiger partial charge on any atom is 0.412 e. The maximum absolute atomic E-state index is 12.4. The number of cyclic esters (lactones) is 1. The molecule has 1 amide bonds. The summed E-state index contributed by atoms with van der Waals surface area (Å²) >= 11 is 0. The fraction of sp³-hybridized carbons (Fsp3) is 0.875. The molecule has 1 saturated heterocycles. The highest BCUT2D eigenvalue weighted by atomic mass is 16.6. The first kappa shape index (κ1) is 14.7. The van der Waals surface area contributed by atoms with E-state index in [-0.39, 0.29) is 29.8 Å². The number of aliphatic imine (C=N–C) groups is 1. The van der Waals surface area contributed by atoms with Crippen molar-refractivity contribution in [3.63, 3.8) is 0 Å². The fourth-order valence-corrected chi connectivity index (χ4v) is 3.89. The monoisotopic (exact) mass is 294 g/mol. The van der Waals surface area contributed by atoms with Crippen LogP contribution >= 0.6 is 0 Å². The minimum Gasteiger partial charge on any atom is -0.483 e. The van der Waals surface area contributed by atoms with Crippen LogP contribution in [0.4, 0.5) is 4.79 Å². The number of methoxy groups -OCH3 is 1. The number of amides is 1. The molecule has 1 saturated carbocycles. The van der Waals surface area contributed by atoms with Gasteiger partial charge in [-0.15, -0.1) is 0 Å². The Balaban J connectivity index is 1.88. The van der Waals surface area contributed by atoms with E-state index < -0.39 is 0 Å². The quantitative estimate of drug-likeness (QED) is 0.746. The van der Waals surface area contributed by atoms with Gasteiger partial charge in [-0.2, -0.15) is 0 Å². The smallest absolute Gasteiger partial charge is 0.412 e. The molecule has 0 unspecified atom stereocenters. The van der Waals surface area contributed by atoms with Crippen LogP contribution < -0.4 is 0 Å². The average molecular weight is 294 g/mol. The first-order valence-electron chi connectivity index (χ1n) is 8.04. The van der Waals surface area contributed by atoms with Crippen LogP contribution in [0.3, 0.4) is 0 Å². The highest BCUT2D eigenvalue weighted by Gasteiger charge is 2.57. The first-order chi connectivity index (χ1) is 9.93. The summed E-state index contributed by atoms with van der Waals surface area (Å²) in [6.45, 7) is 6.29. The van der Waals surface area contributed by atoms with Crippen LogP contribution in [0.2, 0.25) is 0 Å². The third kappa shape index (κ3) is 2.40. The number of nitrogens with zero attached hydrogens (tertiary/aromatic N) is 2. The van der Waals surface area contributed by atoms with E-state index in [1.165, 1.54) is 19.3 Å². The number of hydrogen-bond acceptors (Lipinski definition) is 4. The van der Waals surface area contributed by atoms with Gasteiger partial charge in [0.25, 0.3) is 0 Å².